The van der Waals surface area contributed by atoms with Crippen LogP contribution in [0.15, 0.2) is 57.9 Å². The van der Waals surface area contributed by atoms with Crippen LogP contribution in [0.3, 0.4) is 0 Å². The lowest BCUT2D eigenvalue weighted by molar-refractivity contribution is -0.387. The third-order valence-electron chi connectivity index (χ3n) is 4.30. The summed E-state index contributed by atoms with van der Waals surface area (Å²) in [5.41, 5.74) is -3.37. The Morgan fingerprint density at radius 2 is 1.79 bits per heavy atom. The van der Waals surface area contributed by atoms with Crippen LogP contribution in [0.25, 0.3) is 0 Å². The summed E-state index contributed by atoms with van der Waals surface area (Å²) >= 11 is 0. The van der Waals surface area contributed by atoms with Gasteiger partial charge in [-0.3, -0.25) is 10.1 Å². The van der Waals surface area contributed by atoms with Gasteiger partial charge in [0.25, 0.3) is 0 Å². The number of carbonyl (C=O) groups excluding carboxylic acids is 1. The van der Waals surface area contributed by atoms with Gasteiger partial charge in [-0.05, 0) is 44.4 Å². The predicted octanol–water partition coefficient (Wildman–Crippen LogP) is 6.53. The Hall–Kier alpha value is -3.48. The molecule has 3 rings (SSSR count). The second-order valence-electron chi connectivity index (χ2n) is 7.97. The largest absolute Gasteiger partial charge is 0.443 e. The van der Waals surface area contributed by atoms with Crippen molar-refractivity contribution in [1.29, 1.82) is 0 Å². The Kier molecular flexibility index (Phi) is 6.69. The quantitative estimate of drug-likeness (QED) is 0.223. The summed E-state index contributed by atoms with van der Waals surface area (Å²) in [5.74, 6) is -2.54. The van der Waals surface area contributed by atoms with Crippen LogP contribution in [0.4, 0.5) is 38.1 Å². The van der Waals surface area contributed by atoms with E-state index in [1.54, 1.807) is 0 Å². The highest BCUT2D eigenvalue weighted by Crippen LogP contribution is 2.47. The summed E-state index contributed by atoms with van der Waals surface area (Å²) in [4.78, 5) is 27.6. The van der Waals surface area contributed by atoms with Crippen LogP contribution >= 0.6 is 10.9 Å². The van der Waals surface area contributed by atoms with Crippen molar-refractivity contribution >= 4 is 33.5 Å². The zero-order chi connectivity index (χ0) is 25.4. The van der Waals surface area contributed by atoms with E-state index in [0.29, 0.717) is 18.2 Å². The average Bonchev–Trinajstić information content (AvgIpc) is 3.15. The molecule has 13 heteroatoms. The number of halogens is 5. The van der Waals surface area contributed by atoms with E-state index in [-0.39, 0.29) is 15.8 Å². The van der Waals surface area contributed by atoms with Crippen molar-refractivity contribution in [2.45, 2.75) is 37.4 Å². The van der Waals surface area contributed by atoms with Gasteiger partial charge in [0.2, 0.25) is 5.82 Å². The van der Waals surface area contributed by atoms with Gasteiger partial charge in [-0.2, -0.15) is 17.6 Å². The van der Waals surface area contributed by atoms with Crippen LogP contribution in [-0.2, 0) is 10.9 Å². The molecular weight excluding hydrogens is 485 g/mol. The van der Waals surface area contributed by atoms with Crippen LogP contribution in [0.5, 0.6) is 0 Å². The summed E-state index contributed by atoms with van der Waals surface area (Å²) in [7, 11) is -2.09. The van der Waals surface area contributed by atoms with E-state index >= 15 is 0 Å². The molecule has 34 heavy (non-hydrogen) atoms. The highest BCUT2D eigenvalue weighted by atomic mass is 32.2. The van der Waals surface area contributed by atoms with Crippen LogP contribution in [0.2, 0.25) is 0 Å². The summed E-state index contributed by atoms with van der Waals surface area (Å²) in [6.45, 7) is 4.61. The number of amides is 1. The van der Waals surface area contributed by atoms with E-state index < -0.39 is 56.6 Å². The number of carbonyl (C=O) groups is 1. The van der Waals surface area contributed by atoms with E-state index in [2.05, 4.69) is 4.99 Å². The number of thiol groups is 1. The average molecular weight is 503 g/mol. The lowest BCUT2D eigenvalue weighted by atomic mass is 10.2. The third kappa shape index (κ3) is 5.35. The molecule has 1 atom stereocenters. The molecule has 0 saturated heterocycles. The maximum absolute atomic E-state index is 14.7. The van der Waals surface area contributed by atoms with Crippen molar-refractivity contribution in [3.05, 3.63) is 75.3 Å². The number of nitrogens with zero attached hydrogens (tertiary/aromatic N) is 3. The number of anilines is 1. The molecule has 2 aromatic rings. The van der Waals surface area contributed by atoms with Crippen molar-refractivity contribution in [1.82, 2.24) is 0 Å². The summed E-state index contributed by atoms with van der Waals surface area (Å²) in [6, 6.07) is 4.79. The molecule has 1 aliphatic rings. The number of amidine groups is 1. The maximum Gasteiger partial charge on any atom is 0.421 e. The Morgan fingerprint density at radius 1 is 1.12 bits per heavy atom. The molecule has 0 aliphatic carbocycles. The van der Waals surface area contributed by atoms with Gasteiger partial charge >= 0.3 is 18.0 Å². The first kappa shape index (κ1) is 25.1. The van der Waals surface area contributed by atoms with E-state index in [1.165, 1.54) is 38.4 Å². The second-order valence-corrected chi connectivity index (χ2v) is 9.89. The van der Waals surface area contributed by atoms with Gasteiger partial charge < -0.3 is 4.74 Å². The van der Waals surface area contributed by atoms with Crippen molar-refractivity contribution in [3.8, 4) is 0 Å². The number of nitro groups is 1. The topological polar surface area (TPSA) is 85.0 Å². The smallest absolute Gasteiger partial charge is 0.421 e. The normalized spacial score (nSPS) is 16.8. The minimum Gasteiger partial charge on any atom is -0.443 e. The molecule has 2 aromatic carbocycles. The molecule has 0 bridgehead atoms. The molecule has 1 amide bonds. The van der Waals surface area contributed by atoms with Crippen LogP contribution in [-0.4, -0.2) is 21.8 Å². The minimum atomic E-state index is -4.72. The number of aliphatic imine (C=N–C) groups is 1. The molecule has 1 heterocycles. The number of hydrogen-bond donors (Lipinski definition) is 1. The van der Waals surface area contributed by atoms with E-state index in [1.807, 2.05) is 0 Å². The Balaban J connectivity index is 2.15. The molecule has 0 aromatic heterocycles. The SMILES string of the molecule is CC(C)(C)OC(=O)N(C1=NC=C[SH]1c1cc([N+](=O)[O-])c(F)cc1F)c1cccc(C(F)(F)F)c1. The van der Waals surface area contributed by atoms with Crippen molar-refractivity contribution in [2.24, 2.45) is 4.99 Å². The molecule has 0 radical (unpaired) electrons. The maximum atomic E-state index is 14.7. The second kappa shape index (κ2) is 9.05. The van der Waals surface area contributed by atoms with Gasteiger partial charge in [-0.25, -0.2) is 19.1 Å². The van der Waals surface area contributed by atoms with Gasteiger partial charge in [0.15, 0.2) is 5.17 Å². The predicted molar refractivity (Wildman–Crippen MR) is 117 cm³/mol. The Morgan fingerprint density at radius 3 is 2.38 bits per heavy atom. The first-order valence-corrected chi connectivity index (χ1v) is 11.0. The monoisotopic (exact) mass is 503 g/mol. The lowest BCUT2D eigenvalue weighted by Crippen LogP contribution is -2.40. The molecule has 0 spiro atoms. The van der Waals surface area contributed by atoms with E-state index in [9.17, 15) is 36.9 Å². The van der Waals surface area contributed by atoms with Crippen LogP contribution in [0, 0.1) is 21.7 Å². The molecule has 182 valence electrons. The third-order valence-corrected chi connectivity index (χ3v) is 6.34. The molecule has 0 saturated carbocycles. The number of hydrogen-bond acceptors (Lipinski definition) is 5. The van der Waals surface area contributed by atoms with Gasteiger partial charge in [0.05, 0.1) is 16.2 Å². The fraction of sp³-hybridized carbons (Fsp3) is 0.238. The number of nitro benzene ring substituents is 1. The molecule has 1 aliphatic heterocycles. The van der Waals surface area contributed by atoms with E-state index in [0.717, 1.165) is 17.0 Å². The fourth-order valence-electron chi connectivity index (χ4n) is 2.93. The number of ether oxygens (including phenoxy) is 1. The highest BCUT2D eigenvalue weighted by Gasteiger charge is 2.36. The molecule has 7 nitrogen and oxygen atoms in total. The van der Waals surface area contributed by atoms with Gasteiger partial charge in [-0.1, -0.05) is 6.07 Å². The van der Waals surface area contributed by atoms with Crippen molar-refractivity contribution in [3.63, 3.8) is 0 Å². The summed E-state index contributed by atoms with van der Waals surface area (Å²) < 4.78 is 73.8. The number of benzene rings is 2. The standard InChI is InChI=1S/C21H18F5N3O4S/c1-20(2,3)33-19(30)28(13-6-4-5-12(9-13)21(24,25)26)18-27-7-8-34(18)17-11-16(29(31)32)14(22)10-15(17)23/h4-11,34H,1-3H3. The van der Waals surface area contributed by atoms with E-state index in [4.69, 9.17) is 4.74 Å². The zero-order valence-electron chi connectivity index (χ0n) is 17.9. The van der Waals surface area contributed by atoms with Gasteiger partial charge in [0, 0.05) is 23.2 Å². The van der Waals surface area contributed by atoms with Crippen LogP contribution < -0.4 is 4.90 Å². The Labute approximate surface area is 193 Å². The highest BCUT2D eigenvalue weighted by molar-refractivity contribution is 8.32. The van der Waals surface area contributed by atoms with Crippen LogP contribution in [0.1, 0.15) is 26.3 Å². The van der Waals surface area contributed by atoms with Gasteiger partial charge in [0.1, 0.15) is 11.4 Å². The molecule has 0 N–H and O–H groups in total. The fourth-order valence-corrected chi connectivity index (χ4v) is 4.80. The first-order valence-electron chi connectivity index (χ1n) is 9.56. The molecular formula is C21H18F5N3O4S. The van der Waals surface area contributed by atoms with Gasteiger partial charge in [-0.15, -0.1) is 10.9 Å². The first-order chi connectivity index (χ1) is 15.7. The molecule has 1 unspecified atom stereocenters. The molecule has 0 fully saturated rings. The summed E-state index contributed by atoms with van der Waals surface area (Å²) in [6.07, 6.45) is -4.64. The number of alkyl halides is 3. The summed E-state index contributed by atoms with van der Waals surface area (Å²) in [5, 5.41) is 12.3. The number of rotatable bonds is 3. The lowest BCUT2D eigenvalue weighted by Gasteiger charge is -2.31. The zero-order valence-corrected chi connectivity index (χ0v) is 18.8. The minimum absolute atomic E-state index is 0.219. The van der Waals surface area contributed by atoms with Crippen molar-refractivity contribution in [2.75, 3.05) is 4.90 Å². The Bertz CT molecular complexity index is 1210. The van der Waals surface area contributed by atoms with Crippen molar-refractivity contribution < 1.29 is 36.4 Å².